The Morgan fingerprint density at radius 1 is 0.759 bits per heavy atom. The highest BCUT2D eigenvalue weighted by molar-refractivity contribution is 6.04. The van der Waals surface area contributed by atoms with E-state index in [0.717, 1.165) is 64.7 Å². The van der Waals surface area contributed by atoms with Crippen molar-refractivity contribution >= 4 is 36.6 Å². The molecule has 0 aromatic rings. The fourth-order valence-electron chi connectivity index (χ4n) is 4.34. The molecule has 0 radical (unpaired) electrons. The Labute approximate surface area is 186 Å². The van der Waals surface area contributed by atoms with Crippen LogP contribution in [0.15, 0.2) is 0 Å². The number of nitrogens with zero attached hydrogens (tertiary/aromatic N) is 2. The molecule has 170 valence electrons. The van der Waals surface area contributed by atoms with Gasteiger partial charge in [0.25, 0.3) is 0 Å². The van der Waals surface area contributed by atoms with Crippen molar-refractivity contribution in [3.63, 3.8) is 0 Å². The molecule has 1 aliphatic carbocycles. The van der Waals surface area contributed by atoms with E-state index in [4.69, 9.17) is 11.5 Å². The van der Waals surface area contributed by atoms with Crippen molar-refractivity contribution in [3.05, 3.63) is 0 Å². The Balaban J connectivity index is 0.00000210. The zero-order chi connectivity index (χ0) is 19.4. The molecule has 0 unspecified atom stereocenters. The fraction of sp³-hybridized carbons (Fsp3) is 0.895. The van der Waals surface area contributed by atoms with Crippen LogP contribution in [0.3, 0.4) is 0 Å². The number of halogens is 2. The van der Waals surface area contributed by atoms with E-state index in [9.17, 15) is 9.59 Å². The van der Waals surface area contributed by atoms with Gasteiger partial charge in [0.15, 0.2) is 0 Å². The van der Waals surface area contributed by atoms with Crippen molar-refractivity contribution in [1.29, 1.82) is 0 Å². The van der Waals surface area contributed by atoms with Crippen molar-refractivity contribution in [2.45, 2.75) is 70.4 Å². The minimum absolute atomic E-state index is 0. The molecule has 2 aliphatic heterocycles. The zero-order valence-corrected chi connectivity index (χ0v) is 19.0. The van der Waals surface area contributed by atoms with E-state index in [1.807, 2.05) is 10.0 Å². The van der Waals surface area contributed by atoms with Crippen LogP contribution < -0.4 is 22.3 Å². The molecule has 2 heterocycles. The summed E-state index contributed by atoms with van der Waals surface area (Å²) in [5.41, 5.74) is 17.0. The molecule has 2 saturated heterocycles. The van der Waals surface area contributed by atoms with Crippen molar-refractivity contribution in [2.75, 3.05) is 26.2 Å². The molecule has 1 saturated carbocycles. The zero-order valence-electron chi connectivity index (χ0n) is 17.4. The number of amides is 2. The summed E-state index contributed by atoms with van der Waals surface area (Å²) in [6.45, 7) is 5.16. The van der Waals surface area contributed by atoms with Gasteiger partial charge in [0.05, 0.1) is 0 Å². The number of hydrogen-bond donors (Lipinski definition) is 4. The predicted octanol–water partition coefficient (Wildman–Crippen LogP) is 0.935. The second kappa shape index (κ2) is 11.7. The molecule has 29 heavy (non-hydrogen) atoms. The Morgan fingerprint density at radius 2 is 1.10 bits per heavy atom. The average Bonchev–Trinajstić information content (AvgIpc) is 2.66. The van der Waals surface area contributed by atoms with Crippen molar-refractivity contribution < 1.29 is 9.59 Å². The maximum atomic E-state index is 13.2. The average molecular weight is 453 g/mol. The van der Waals surface area contributed by atoms with E-state index in [1.165, 1.54) is 0 Å². The quantitative estimate of drug-likeness (QED) is 0.471. The van der Waals surface area contributed by atoms with Crippen LogP contribution in [0.2, 0.25) is 0 Å². The van der Waals surface area contributed by atoms with Crippen LogP contribution >= 0.6 is 24.8 Å². The minimum atomic E-state index is -0.981. The van der Waals surface area contributed by atoms with Gasteiger partial charge in [-0.3, -0.25) is 20.4 Å². The largest absolute Gasteiger partial charge is 0.328 e. The van der Waals surface area contributed by atoms with Gasteiger partial charge in [0.2, 0.25) is 11.8 Å². The first-order valence-corrected chi connectivity index (χ1v) is 10.5. The molecule has 3 rings (SSSR count). The van der Waals surface area contributed by atoms with Crippen LogP contribution in [0.1, 0.15) is 58.3 Å². The van der Waals surface area contributed by atoms with Crippen LogP contribution in [0, 0.1) is 11.3 Å². The molecule has 0 spiro atoms. The third-order valence-corrected chi connectivity index (χ3v) is 6.60. The number of hydrazine groups is 2. The summed E-state index contributed by atoms with van der Waals surface area (Å²) in [5.74, 6) is 0.242. The summed E-state index contributed by atoms with van der Waals surface area (Å²) < 4.78 is 0. The molecule has 0 aromatic heterocycles. The lowest BCUT2D eigenvalue weighted by Crippen LogP contribution is -2.61. The molecule has 8 nitrogen and oxygen atoms in total. The number of nitrogens with one attached hydrogen (secondary N) is 2. The number of hydrogen-bond acceptors (Lipinski definition) is 6. The van der Waals surface area contributed by atoms with E-state index < -0.39 is 5.41 Å². The van der Waals surface area contributed by atoms with E-state index >= 15 is 0 Å². The van der Waals surface area contributed by atoms with Crippen LogP contribution in [0.4, 0.5) is 0 Å². The van der Waals surface area contributed by atoms with Crippen molar-refractivity contribution in [1.82, 2.24) is 20.9 Å². The van der Waals surface area contributed by atoms with E-state index in [0.29, 0.717) is 18.8 Å². The fourth-order valence-corrected chi connectivity index (χ4v) is 4.34. The first-order chi connectivity index (χ1) is 12.9. The highest BCUT2D eigenvalue weighted by Gasteiger charge is 2.48. The molecule has 3 fully saturated rings. The summed E-state index contributed by atoms with van der Waals surface area (Å²) in [6.07, 6.45) is 6.47. The Bertz CT molecular complexity index is 491. The monoisotopic (exact) mass is 452 g/mol. The third-order valence-electron chi connectivity index (χ3n) is 6.60. The van der Waals surface area contributed by atoms with Gasteiger partial charge >= 0.3 is 0 Å². The second-order valence-corrected chi connectivity index (χ2v) is 8.80. The maximum Gasteiger partial charge on any atom is 0.250 e. The van der Waals surface area contributed by atoms with Crippen LogP contribution in [0.5, 0.6) is 0 Å². The molecule has 10 heteroatoms. The number of carbonyl (C=O) groups excluding carboxylic acids is 2. The van der Waals surface area contributed by atoms with Gasteiger partial charge in [-0.25, -0.2) is 10.0 Å². The standard InChI is InChI=1S/C19H36N6O2.2ClH/c1-14-2-8-19(9-3-14,17(26)22-24-10-4-15(20)5-11-24)18(27)23-25-12-6-16(21)7-13-25;;/h14-16H,2-13,20-21H2,1H3,(H,22,26)(H,23,27);2*1H. The number of carbonyl (C=O) groups is 2. The van der Waals surface area contributed by atoms with Crippen LogP contribution in [-0.2, 0) is 9.59 Å². The first-order valence-electron chi connectivity index (χ1n) is 10.5. The lowest BCUT2D eigenvalue weighted by molar-refractivity contribution is -0.153. The first kappa shape index (κ1) is 26.4. The smallest absolute Gasteiger partial charge is 0.250 e. The molecular weight excluding hydrogens is 415 g/mol. The van der Waals surface area contributed by atoms with Crippen molar-refractivity contribution in [2.24, 2.45) is 22.8 Å². The minimum Gasteiger partial charge on any atom is -0.328 e. The Morgan fingerprint density at radius 3 is 1.45 bits per heavy atom. The summed E-state index contributed by atoms with van der Waals surface area (Å²) in [7, 11) is 0. The second-order valence-electron chi connectivity index (χ2n) is 8.80. The Kier molecular flexibility index (Phi) is 10.6. The lowest BCUT2D eigenvalue weighted by Gasteiger charge is -2.41. The maximum absolute atomic E-state index is 13.2. The molecule has 2 amide bonds. The number of piperidine rings is 2. The third kappa shape index (κ3) is 6.67. The normalized spacial score (nSPS) is 24.8. The van der Waals surface area contributed by atoms with Gasteiger partial charge < -0.3 is 11.5 Å². The van der Waals surface area contributed by atoms with Gasteiger partial charge in [0, 0.05) is 38.3 Å². The van der Waals surface area contributed by atoms with Gasteiger partial charge in [0.1, 0.15) is 5.41 Å². The highest BCUT2D eigenvalue weighted by atomic mass is 35.5. The molecule has 0 aromatic carbocycles. The summed E-state index contributed by atoms with van der Waals surface area (Å²) in [4.78, 5) is 26.5. The van der Waals surface area contributed by atoms with Gasteiger partial charge in [-0.05, 0) is 57.3 Å². The Hall–Kier alpha value is -0.640. The predicted molar refractivity (Wildman–Crippen MR) is 118 cm³/mol. The van der Waals surface area contributed by atoms with E-state index in [2.05, 4.69) is 17.8 Å². The van der Waals surface area contributed by atoms with Gasteiger partial charge in [-0.1, -0.05) is 6.92 Å². The summed E-state index contributed by atoms with van der Waals surface area (Å²) in [6, 6.07) is 0.410. The number of rotatable bonds is 4. The van der Waals surface area contributed by atoms with Crippen LogP contribution in [0.25, 0.3) is 0 Å². The van der Waals surface area contributed by atoms with E-state index in [1.54, 1.807) is 0 Å². The van der Waals surface area contributed by atoms with Crippen molar-refractivity contribution in [3.8, 4) is 0 Å². The lowest BCUT2D eigenvalue weighted by atomic mass is 9.69. The van der Waals surface area contributed by atoms with Crippen LogP contribution in [-0.4, -0.2) is 60.1 Å². The van der Waals surface area contributed by atoms with Gasteiger partial charge in [-0.2, -0.15) is 0 Å². The summed E-state index contributed by atoms with van der Waals surface area (Å²) >= 11 is 0. The molecule has 3 aliphatic rings. The molecule has 0 bridgehead atoms. The van der Waals surface area contributed by atoms with Gasteiger partial charge in [-0.15, -0.1) is 24.8 Å². The van der Waals surface area contributed by atoms with E-state index in [-0.39, 0.29) is 48.7 Å². The SMILES string of the molecule is CC1CCC(C(=O)NN2CCC(N)CC2)(C(=O)NN2CCC(N)CC2)CC1.Cl.Cl. The molecular formula is C19H38Cl2N6O2. The summed E-state index contributed by atoms with van der Waals surface area (Å²) in [5, 5.41) is 3.86. The highest BCUT2D eigenvalue weighted by Crippen LogP contribution is 2.39. The molecule has 6 N–H and O–H groups in total. The molecule has 0 atom stereocenters. The number of nitrogens with two attached hydrogens (primary N) is 2. The topological polar surface area (TPSA) is 117 Å².